The number of amides is 1. The van der Waals surface area contributed by atoms with Crippen LogP contribution in [0.1, 0.15) is 12.5 Å². The fraction of sp³-hybridized carbons (Fsp3) is 0.300. The van der Waals surface area contributed by atoms with Gasteiger partial charge < -0.3 is 15.0 Å². The highest BCUT2D eigenvalue weighted by Gasteiger charge is 2.29. The van der Waals surface area contributed by atoms with Crippen molar-refractivity contribution in [1.29, 1.82) is 0 Å². The molecule has 1 unspecified atom stereocenters. The quantitative estimate of drug-likeness (QED) is 0.847. The molecule has 1 aliphatic heterocycles. The molecule has 1 amide bonds. The Balaban J connectivity index is 1.58. The lowest BCUT2D eigenvalue weighted by molar-refractivity contribution is -0.124. The molecule has 0 radical (unpaired) electrons. The zero-order chi connectivity index (χ0) is 18.5. The lowest BCUT2D eigenvalue weighted by atomic mass is 10.1. The van der Waals surface area contributed by atoms with E-state index in [1.165, 1.54) is 6.92 Å². The third kappa shape index (κ3) is 4.55. The molecule has 1 atom stereocenters. The number of nitrogens with one attached hydrogen (secondary N) is 1. The normalized spacial score (nSPS) is 15.8. The van der Waals surface area contributed by atoms with Gasteiger partial charge in [-0.25, -0.2) is 0 Å². The predicted molar refractivity (Wildman–Crippen MR) is 102 cm³/mol. The Hall–Kier alpha value is -2.53. The molecule has 136 valence electrons. The highest BCUT2D eigenvalue weighted by Crippen LogP contribution is 2.32. The van der Waals surface area contributed by atoms with Crippen molar-refractivity contribution in [2.45, 2.75) is 19.4 Å². The maximum Gasteiger partial charge on any atom is 0.239 e. The van der Waals surface area contributed by atoms with Crippen molar-refractivity contribution >= 4 is 29.0 Å². The van der Waals surface area contributed by atoms with Gasteiger partial charge in [0.2, 0.25) is 5.91 Å². The monoisotopic (exact) mass is 372 g/mol. The number of fused-ring (bicyclic) bond motifs is 1. The van der Waals surface area contributed by atoms with Gasteiger partial charge in [0.05, 0.1) is 18.8 Å². The first-order valence-electron chi connectivity index (χ1n) is 8.55. The van der Waals surface area contributed by atoms with Gasteiger partial charge in [-0.2, -0.15) is 0 Å². The number of nitrogens with zero attached hydrogens (tertiary/aromatic N) is 1. The Morgan fingerprint density at radius 2 is 2.04 bits per heavy atom. The molecule has 26 heavy (non-hydrogen) atoms. The average molecular weight is 373 g/mol. The van der Waals surface area contributed by atoms with E-state index in [1.54, 1.807) is 0 Å². The summed E-state index contributed by atoms with van der Waals surface area (Å²) in [5.74, 6) is 0.488. The van der Waals surface area contributed by atoms with Crippen LogP contribution in [0.3, 0.4) is 0 Å². The summed E-state index contributed by atoms with van der Waals surface area (Å²) in [7, 11) is 0. The van der Waals surface area contributed by atoms with Crippen molar-refractivity contribution in [3.8, 4) is 5.75 Å². The first-order chi connectivity index (χ1) is 12.5. The molecule has 6 heteroatoms. The van der Waals surface area contributed by atoms with Gasteiger partial charge in [0.15, 0.2) is 11.9 Å². The largest absolute Gasteiger partial charge is 0.479 e. The van der Waals surface area contributed by atoms with E-state index in [0.29, 0.717) is 30.3 Å². The molecule has 1 aliphatic rings. The van der Waals surface area contributed by atoms with Gasteiger partial charge >= 0.3 is 0 Å². The molecule has 0 spiro atoms. The van der Waals surface area contributed by atoms with Gasteiger partial charge in [0.25, 0.3) is 0 Å². The Labute approximate surface area is 157 Å². The van der Waals surface area contributed by atoms with Gasteiger partial charge in [-0.05, 0) is 43.2 Å². The van der Waals surface area contributed by atoms with Gasteiger partial charge in [0, 0.05) is 11.6 Å². The van der Waals surface area contributed by atoms with Crippen molar-refractivity contribution in [3.63, 3.8) is 0 Å². The molecule has 2 aromatic rings. The van der Waals surface area contributed by atoms with Crippen LogP contribution in [0.5, 0.6) is 5.75 Å². The Morgan fingerprint density at radius 1 is 1.23 bits per heavy atom. The predicted octanol–water partition coefficient (Wildman–Crippen LogP) is 2.86. The topological polar surface area (TPSA) is 58.6 Å². The molecule has 1 N–H and O–H groups in total. The summed E-state index contributed by atoms with van der Waals surface area (Å²) in [5, 5.41) is 3.61. The van der Waals surface area contributed by atoms with Crippen LogP contribution in [-0.4, -0.2) is 37.4 Å². The zero-order valence-corrected chi connectivity index (χ0v) is 15.3. The second kappa shape index (κ2) is 8.23. The lowest BCUT2D eigenvalue weighted by Crippen LogP contribution is -2.47. The van der Waals surface area contributed by atoms with Crippen molar-refractivity contribution in [3.05, 3.63) is 59.1 Å². The summed E-state index contributed by atoms with van der Waals surface area (Å²) in [5.41, 5.74) is 1.90. The van der Waals surface area contributed by atoms with Crippen molar-refractivity contribution in [1.82, 2.24) is 5.32 Å². The van der Waals surface area contributed by atoms with Crippen LogP contribution in [0.25, 0.3) is 0 Å². The first kappa shape index (κ1) is 18.3. The van der Waals surface area contributed by atoms with Crippen molar-refractivity contribution < 1.29 is 14.3 Å². The number of carbonyl (C=O) groups is 2. The van der Waals surface area contributed by atoms with E-state index >= 15 is 0 Å². The van der Waals surface area contributed by atoms with Gasteiger partial charge in [0.1, 0.15) is 5.75 Å². The number of para-hydroxylation sites is 2. The summed E-state index contributed by atoms with van der Waals surface area (Å²) in [6.45, 7) is 2.58. The Morgan fingerprint density at radius 3 is 2.81 bits per heavy atom. The van der Waals surface area contributed by atoms with Crippen LogP contribution in [0.2, 0.25) is 5.02 Å². The molecule has 0 aromatic heterocycles. The van der Waals surface area contributed by atoms with Gasteiger partial charge in [-0.3, -0.25) is 9.59 Å². The first-order valence-corrected chi connectivity index (χ1v) is 8.93. The van der Waals surface area contributed by atoms with Gasteiger partial charge in [-0.15, -0.1) is 0 Å². The molecule has 0 bridgehead atoms. The molecule has 5 nitrogen and oxygen atoms in total. The van der Waals surface area contributed by atoms with Crippen LogP contribution in [0.15, 0.2) is 48.5 Å². The van der Waals surface area contributed by atoms with Crippen LogP contribution in [0.4, 0.5) is 5.69 Å². The minimum Gasteiger partial charge on any atom is -0.479 e. The molecule has 0 fully saturated rings. The molecule has 0 saturated heterocycles. The number of carbonyl (C=O) groups excluding carboxylic acids is 2. The van der Waals surface area contributed by atoms with Crippen LogP contribution in [0, 0.1) is 0 Å². The summed E-state index contributed by atoms with van der Waals surface area (Å²) in [4.78, 5) is 26.0. The minimum atomic E-state index is -0.552. The maximum atomic E-state index is 12.4. The van der Waals surface area contributed by atoms with Crippen molar-refractivity contribution in [2.75, 3.05) is 24.5 Å². The third-order valence-electron chi connectivity index (χ3n) is 4.27. The van der Waals surface area contributed by atoms with E-state index in [1.807, 2.05) is 53.4 Å². The fourth-order valence-electron chi connectivity index (χ4n) is 2.94. The van der Waals surface area contributed by atoms with E-state index < -0.39 is 6.10 Å². The van der Waals surface area contributed by atoms with Crippen LogP contribution < -0.4 is 15.0 Å². The number of halogens is 1. The molecular weight excluding hydrogens is 352 g/mol. The fourth-order valence-corrected chi connectivity index (χ4v) is 3.15. The standard InChI is InChI=1S/C20H21ClN2O3/c1-14(24)19-12-23(17-7-2-3-8-18(17)26-19)13-20(25)22-10-9-15-5-4-6-16(21)11-15/h2-8,11,19H,9-10,12-13H2,1H3,(H,22,25). The number of Topliss-reactive ketones (excluding diaryl/α,β-unsaturated/α-hetero) is 1. The van der Waals surface area contributed by atoms with E-state index in [9.17, 15) is 9.59 Å². The average Bonchev–Trinajstić information content (AvgIpc) is 2.61. The molecule has 0 saturated carbocycles. The third-order valence-corrected chi connectivity index (χ3v) is 4.51. The van der Waals surface area contributed by atoms with Crippen LogP contribution in [-0.2, 0) is 16.0 Å². The van der Waals surface area contributed by atoms with Crippen LogP contribution >= 0.6 is 11.6 Å². The van der Waals surface area contributed by atoms with E-state index in [-0.39, 0.29) is 18.2 Å². The summed E-state index contributed by atoms with van der Waals surface area (Å²) < 4.78 is 5.72. The van der Waals surface area contributed by atoms with E-state index in [2.05, 4.69) is 5.32 Å². The minimum absolute atomic E-state index is 0.0501. The number of hydrogen-bond donors (Lipinski definition) is 1. The highest BCUT2D eigenvalue weighted by atomic mass is 35.5. The smallest absolute Gasteiger partial charge is 0.239 e. The number of rotatable bonds is 6. The summed E-state index contributed by atoms with van der Waals surface area (Å²) >= 11 is 5.97. The summed E-state index contributed by atoms with van der Waals surface area (Å²) in [6, 6.07) is 15.0. The molecule has 2 aromatic carbocycles. The van der Waals surface area contributed by atoms with Gasteiger partial charge in [-0.1, -0.05) is 35.9 Å². The van der Waals surface area contributed by atoms with Crippen molar-refractivity contribution in [2.24, 2.45) is 0 Å². The lowest BCUT2D eigenvalue weighted by Gasteiger charge is -2.34. The number of ketones is 1. The second-order valence-electron chi connectivity index (χ2n) is 6.30. The summed E-state index contributed by atoms with van der Waals surface area (Å²) in [6.07, 6.45) is 0.159. The number of ether oxygens (including phenoxy) is 1. The SMILES string of the molecule is CC(=O)C1CN(CC(=O)NCCc2cccc(Cl)c2)c2ccccc2O1. The van der Waals surface area contributed by atoms with E-state index in [0.717, 1.165) is 11.3 Å². The number of benzene rings is 2. The Bertz CT molecular complexity index is 809. The number of hydrogen-bond acceptors (Lipinski definition) is 4. The second-order valence-corrected chi connectivity index (χ2v) is 6.73. The molecule has 1 heterocycles. The highest BCUT2D eigenvalue weighted by molar-refractivity contribution is 6.30. The molecular formula is C20H21ClN2O3. The van der Waals surface area contributed by atoms with E-state index in [4.69, 9.17) is 16.3 Å². The number of anilines is 1. The maximum absolute atomic E-state index is 12.4. The molecule has 0 aliphatic carbocycles. The molecule has 3 rings (SSSR count). The zero-order valence-electron chi connectivity index (χ0n) is 14.6. The Kier molecular flexibility index (Phi) is 5.78.